The molecule has 8 nitrogen and oxygen atoms in total. The van der Waals surface area contributed by atoms with E-state index >= 15 is 0 Å². The Labute approximate surface area is 195 Å². The van der Waals surface area contributed by atoms with Crippen molar-refractivity contribution < 1.29 is 9.53 Å². The van der Waals surface area contributed by atoms with Crippen LogP contribution in [0.1, 0.15) is 58.9 Å². The second-order valence-corrected chi connectivity index (χ2v) is 10.5. The number of carbonyl (C=O) groups is 1. The molecule has 2 amide bonds. The van der Waals surface area contributed by atoms with Crippen molar-refractivity contribution in [2.45, 2.75) is 76.6 Å². The smallest absolute Gasteiger partial charge is 0.317 e. The van der Waals surface area contributed by atoms with Crippen LogP contribution in [0.15, 0.2) is 30.6 Å². The number of hydrogen-bond donors (Lipinski definition) is 3. The Hall–Kier alpha value is -3.05. The van der Waals surface area contributed by atoms with E-state index in [9.17, 15) is 10.1 Å². The van der Waals surface area contributed by atoms with E-state index < -0.39 is 0 Å². The summed E-state index contributed by atoms with van der Waals surface area (Å²) in [6.07, 6.45) is 6.72. The molecular formula is C25H34N6O2. The first kappa shape index (κ1) is 23.1. The van der Waals surface area contributed by atoms with E-state index in [-0.39, 0.29) is 29.3 Å². The van der Waals surface area contributed by atoms with Crippen LogP contribution in [0.25, 0.3) is 11.1 Å². The van der Waals surface area contributed by atoms with Gasteiger partial charge in [0.1, 0.15) is 23.5 Å². The lowest BCUT2D eigenvalue weighted by atomic mass is 9.79. The summed E-state index contributed by atoms with van der Waals surface area (Å²) in [6.45, 7) is 10.0. The minimum absolute atomic E-state index is 0.00613. The number of benzene rings is 1. The molecule has 0 aliphatic carbocycles. The lowest BCUT2D eigenvalue weighted by molar-refractivity contribution is 0.103. The van der Waals surface area contributed by atoms with Gasteiger partial charge in [-0.2, -0.15) is 10.4 Å². The number of hydrogen-bond acceptors (Lipinski definition) is 5. The molecule has 2 aliphatic rings. The van der Waals surface area contributed by atoms with Gasteiger partial charge in [0.15, 0.2) is 0 Å². The molecule has 0 atom stereocenters. The van der Waals surface area contributed by atoms with Gasteiger partial charge in [-0.3, -0.25) is 5.10 Å². The zero-order valence-electron chi connectivity index (χ0n) is 19.9. The molecule has 176 valence electrons. The first-order valence-corrected chi connectivity index (χ1v) is 11.7. The molecule has 0 bridgehead atoms. The zero-order chi connectivity index (χ0) is 23.6. The van der Waals surface area contributed by atoms with Crippen molar-refractivity contribution in [2.75, 3.05) is 13.1 Å². The predicted octanol–water partition coefficient (Wildman–Crippen LogP) is 3.81. The number of urea groups is 1. The van der Waals surface area contributed by atoms with Crippen molar-refractivity contribution in [3.63, 3.8) is 0 Å². The molecule has 2 aromatic rings. The number of aromatic amines is 1. The van der Waals surface area contributed by atoms with Gasteiger partial charge in [0.25, 0.3) is 0 Å². The number of carbonyl (C=O) groups excluding carboxylic acids is 1. The number of nitrogens with one attached hydrogen (secondary N) is 3. The maximum atomic E-state index is 12.9. The summed E-state index contributed by atoms with van der Waals surface area (Å²) in [7, 11) is 0. The molecule has 2 aliphatic heterocycles. The fourth-order valence-corrected chi connectivity index (χ4v) is 5.43. The normalized spacial score (nSPS) is 20.8. The number of nitriles is 1. The van der Waals surface area contributed by atoms with Gasteiger partial charge < -0.3 is 20.3 Å². The predicted molar refractivity (Wildman–Crippen MR) is 127 cm³/mol. The van der Waals surface area contributed by atoms with Crippen LogP contribution in [-0.2, 0) is 0 Å². The summed E-state index contributed by atoms with van der Waals surface area (Å²) >= 11 is 0. The number of H-pyrrole nitrogens is 1. The van der Waals surface area contributed by atoms with Crippen LogP contribution in [0.3, 0.4) is 0 Å². The minimum Gasteiger partial charge on any atom is -0.489 e. The first-order chi connectivity index (χ1) is 15.7. The van der Waals surface area contributed by atoms with Crippen LogP contribution in [0.4, 0.5) is 4.79 Å². The third-order valence-electron chi connectivity index (χ3n) is 6.49. The molecule has 33 heavy (non-hydrogen) atoms. The molecule has 4 rings (SSSR count). The number of aromatic nitrogens is 2. The molecule has 0 radical (unpaired) electrons. The number of amides is 2. The van der Waals surface area contributed by atoms with Crippen LogP contribution in [0, 0.1) is 11.3 Å². The molecule has 1 aromatic heterocycles. The lowest BCUT2D eigenvalue weighted by Gasteiger charge is -2.47. The van der Waals surface area contributed by atoms with Crippen molar-refractivity contribution in [3.05, 3.63) is 36.2 Å². The van der Waals surface area contributed by atoms with Crippen LogP contribution in [0.2, 0.25) is 0 Å². The Kier molecular flexibility index (Phi) is 6.35. The monoisotopic (exact) mass is 450 g/mol. The number of piperidine rings is 2. The molecule has 2 saturated heterocycles. The third kappa shape index (κ3) is 5.48. The lowest BCUT2D eigenvalue weighted by Crippen LogP contribution is -2.63. The average molecular weight is 451 g/mol. The van der Waals surface area contributed by atoms with Gasteiger partial charge in [-0.15, -0.1) is 0 Å². The number of rotatable bonds is 4. The van der Waals surface area contributed by atoms with Gasteiger partial charge in [-0.1, -0.05) is 12.1 Å². The molecule has 8 heteroatoms. The maximum absolute atomic E-state index is 12.9. The Bertz CT molecular complexity index is 1000. The minimum atomic E-state index is -0.0301. The van der Waals surface area contributed by atoms with E-state index in [1.165, 1.54) is 0 Å². The highest BCUT2D eigenvalue weighted by Gasteiger charge is 2.38. The Morgan fingerprint density at radius 1 is 1.21 bits per heavy atom. The molecule has 2 fully saturated rings. The van der Waals surface area contributed by atoms with Crippen molar-refractivity contribution in [1.29, 1.82) is 5.26 Å². The summed E-state index contributed by atoms with van der Waals surface area (Å²) in [5, 5.41) is 23.4. The molecule has 0 saturated carbocycles. The summed E-state index contributed by atoms with van der Waals surface area (Å²) in [6, 6.07) is 8.06. The van der Waals surface area contributed by atoms with Gasteiger partial charge in [-0.05, 0) is 46.6 Å². The molecule has 1 aromatic carbocycles. The van der Waals surface area contributed by atoms with Gasteiger partial charge in [0, 0.05) is 60.4 Å². The number of ether oxygens (including phenoxy) is 1. The van der Waals surface area contributed by atoms with E-state index in [1.54, 1.807) is 12.4 Å². The largest absolute Gasteiger partial charge is 0.489 e. The maximum Gasteiger partial charge on any atom is 0.317 e. The van der Waals surface area contributed by atoms with Gasteiger partial charge in [0.2, 0.25) is 0 Å². The van der Waals surface area contributed by atoms with Crippen molar-refractivity contribution in [1.82, 2.24) is 25.7 Å². The number of likely N-dealkylation sites (tertiary alicyclic amines) is 1. The first-order valence-electron chi connectivity index (χ1n) is 11.7. The van der Waals surface area contributed by atoms with E-state index in [4.69, 9.17) is 4.74 Å². The highest BCUT2D eigenvalue weighted by molar-refractivity contribution is 5.75. The van der Waals surface area contributed by atoms with Crippen LogP contribution in [-0.4, -0.2) is 57.4 Å². The number of nitrogens with zero attached hydrogens (tertiary/aromatic N) is 3. The molecule has 0 unspecified atom stereocenters. The van der Waals surface area contributed by atoms with Gasteiger partial charge >= 0.3 is 6.03 Å². The molecule has 3 heterocycles. The molecule has 0 spiro atoms. The van der Waals surface area contributed by atoms with E-state index in [0.717, 1.165) is 36.8 Å². The second-order valence-electron chi connectivity index (χ2n) is 10.5. The van der Waals surface area contributed by atoms with Gasteiger partial charge in [0.05, 0.1) is 6.20 Å². The summed E-state index contributed by atoms with van der Waals surface area (Å²) in [5.74, 6) is 0.582. The Morgan fingerprint density at radius 2 is 1.91 bits per heavy atom. The fraction of sp³-hybridized carbons (Fsp3) is 0.560. The van der Waals surface area contributed by atoms with Crippen LogP contribution >= 0.6 is 0 Å². The average Bonchev–Trinajstić information content (AvgIpc) is 3.26. The van der Waals surface area contributed by atoms with Crippen LogP contribution in [0.5, 0.6) is 5.75 Å². The highest BCUT2D eigenvalue weighted by Crippen LogP contribution is 2.32. The fourth-order valence-electron chi connectivity index (χ4n) is 5.43. The van der Waals surface area contributed by atoms with Crippen LogP contribution < -0.4 is 15.4 Å². The zero-order valence-corrected chi connectivity index (χ0v) is 19.9. The molecule has 3 N–H and O–H groups in total. The quantitative estimate of drug-likeness (QED) is 0.657. The van der Waals surface area contributed by atoms with Crippen molar-refractivity contribution in [2.24, 2.45) is 0 Å². The third-order valence-corrected chi connectivity index (χ3v) is 6.49. The summed E-state index contributed by atoms with van der Waals surface area (Å²) in [4.78, 5) is 14.8. The summed E-state index contributed by atoms with van der Waals surface area (Å²) in [5.41, 5.74) is 2.14. The van der Waals surface area contributed by atoms with Gasteiger partial charge in [-0.25, -0.2) is 4.79 Å². The topological polar surface area (TPSA) is 106 Å². The van der Waals surface area contributed by atoms with Crippen molar-refractivity contribution >= 4 is 6.03 Å². The standard InChI is InChI=1S/C25H34N6O2/c1-24(2)12-18(13-25(3,4)30-24)29-23(32)31-10-8-19(9-11-31)33-22-7-5-6-20(21(22)14-26)17-15-27-28-16-17/h5-7,15-16,18-19,30H,8-13H2,1-4H3,(H,27,28)(H,29,32). The molecular weight excluding hydrogens is 416 g/mol. The van der Waals surface area contributed by atoms with E-state index in [1.807, 2.05) is 23.1 Å². The Balaban J connectivity index is 1.34. The van der Waals surface area contributed by atoms with E-state index in [0.29, 0.717) is 24.4 Å². The highest BCUT2D eigenvalue weighted by atomic mass is 16.5. The van der Waals surface area contributed by atoms with Crippen molar-refractivity contribution in [3.8, 4) is 22.9 Å². The Morgan fingerprint density at radius 3 is 2.52 bits per heavy atom. The second kappa shape index (κ2) is 9.06. The SMILES string of the molecule is CC1(C)CC(NC(=O)N2CCC(Oc3cccc(-c4cn[nH]c4)c3C#N)CC2)CC(C)(C)N1. The van der Waals surface area contributed by atoms with E-state index in [2.05, 4.69) is 54.6 Å². The summed E-state index contributed by atoms with van der Waals surface area (Å²) < 4.78 is 6.23.